The summed E-state index contributed by atoms with van der Waals surface area (Å²) in [6.45, 7) is 1.88. The van der Waals surface area contributed by atoms with Crippen LogP contribution in [0.5, 0.6) is 0 Å². The van der Waals surface area contributed by atoms with Crippen LogP contribution < -0.4 is 5.32 Å². The lowest BCUT2D eigenvalue weighted by Crippen LogP contribution is -2.28. The van der Waals surface area contributed by atoms with Crippen molar-refractivity contribution in [2.24, 2.45) is 0 Å². The van der Waals surface area contributed by atoms with Gasteiger partial charge in [-0.3, -0.25) is 14.5 Å². The first kappa shape index (κ1) is 15.2. The Morgan fingerprint density at radius 2 is 1.74 bits per heavy atom. The van der Waals surface area contributed by atoms with E-state index < -0.39 is 0 Å². The van der Waals surface area contributed by atoms with Crippen LogP contribution in [0.4, 0.5) is 0 Å². The Bertz CT molecular complexity index is 855. The Morgan fingerprint density at radius 1 is 1.13 bits per heavy atom. The molecule has 6 heteroatoms. The molecule has 5 nitrogen and oxygen atoms in total. The minimum atomic E-state index is -0.295. The Balaban J connectivity index is 1.88. The molecule has 2 N–H and O–H groups in total. The van der Waals surface area contributed by atoms with Crippen LogP contribution in [-0.2, 0) is 0 Å². The van der Waals surface area contributed by atoms with Crippen LogP contribution in [0.25, 0.3) is 5.69 Å². The van der Waals surface area contributed by atoms with Crippen molar-refractivity contribution in [3.8, 4) is 5.69 Å². The first-order chi connectivity index (χ1) is 11.2. The van der Waals surface area contributed by atoms with Gasteiger partial charge in [-0.2, -0.15) is 5.10 Å². The molecule has 0 spiro atoms. The zero-order valence-electron chi connectivity index (χ0n) is 12.6. The molecule has 0 aliphatic heterocycles. The van der Waals surface area contributed by atoms with Crippen LogP contribution in [0.2, 0.25) is 0 Å². The number of benzene rings is 2. The highest BCUT2D eigenvalue weighted by Crippen LogP contribution is 2.17. The molecule has 0 saturated heterocycles. The molecule has 116 valence electrons. The molecule has 23 heavy (non-hydrogen) atoms. The zero-order chi connectivity index (χ0) is 16.2. The average Bonchev–Trinajstić information content (AvgIpc) is 2.98. The molecule has 3 aromatic rings. The second-order valence-corrected chi connectivity index (χ2v) is 5.51. The van der Waals surface area contributed by atoms with Crippen molar-refractivity contribution in [2.45, 2.75) is 13.0 Å². The SMILES string of the molecule is CC(NC(=O)c1ccccc1)c1n[nH]c(=S)n1-c1ccccc1. The van der Waals surface area contributed by atoms with E-state index in [1.807, 2.05) is 60.0 Å². The molecule has 1 unspecified atom stereocenters. The van der Waals surface area contributed by atoms with E-state index in [0.29, 0.717) is 16.2 Å². The van der Waals surface area contributed by atoms with Crippen molar-refractivity contribution >= 4 is 18.1 Å². The summed E-state index contributed by atoms with van der Waals surface area (Å²) in [6.07, 6.45) is 0. The van der Waals surface area contributed by atoms with Gasteiger partial charge in [0.25, 0.3) is 5.91 Å². The van der Waals surface area contributed by atoms with E-state index in [4.69, 9.17) is 12.2 Å². The summed E-state index contributed by atoms with van der Waals surface area (Å²) in [7, 11) is 0. The molecule has 0 aliphatic carbocycles. The monoisotopic (exact) mass is 324 g/mol. The van der Waals surface area contributed by atoms with Crippen molar-refractivity contribution in [3.63, 3.8) is 0 Å². The standard InChI is InChI=1S/C17H16N4OS/c1-12(18-16(22)13-8-4-2-5-9-13)15-19-20-17(23)21(15)14-10-6-3-7-11-14/h2-12H,1H3,(H,18,22)(H,20,23). The molecule has 1 atom stereocenters. The molecule has 0 aliphatic rings. The third-order valence-corrected chi connectivity index (χ3v) is 3.76. The number of aromatic amines is 1. The number of hydrogen-bond acceptors (Lipinski definition) is 3. The van der Waals surface area contributed by atoms with E-state index in [0.717, 1.165) is 5.69 Å². The van der Waals surface area contributed by atoms with Gasteiger partial charge in [0, 0.05) is 11.3 Å². The number of carbonyl (C=O) groups excluding carboxylic acids is 1. The summed E-state index contributed by atoms with van der Waals surface area (Å²) in [5, 5.41) is 10.0. The number of H-pyrrole nitrogens is 1. The Kier molecular flexibility index (Phi) is 4.34. The van der Waals surface area contributed by atoms with Crippen LogP contribution in [-0.4, -0.2) is 20.7 Å². The molecular weight excluding hydrogens is 308 g/mol. The minimum absolute atomic E-state index is 0.147. The summed E-state index contributed by atoms with van der Waals surface area (Å²) >= 11 is 5.31. The molecule has 1 aromatic heterocycles. The maximum atomic E-state index is 12.3. The Hall–Kier alpha value is -2.73. The predicted octanol–water partition coefficient (Wildman–Crippen LogP) is 3.42. The second kappa shape index (κ2) is 6.58. The Labute approximate surface area is 139 Å². The van der Waals surface area contributed by atoms with Crippen LogP contribution in [0.1, 0.15) is 29.1 Å². The lowest BCUT2D eigenvalue weighted by Gasteiger charge is -2.15. The highest BCUT2D eigenvalue weighted by atomic mass is 32.1. The van der Waals surface area contributed by atoms with E-state index in [1.165, 1.54) is 0 Å². The number of nitrogens with zero attached hydrogens (tertiary/aromatic N) is 2. The van der Waals surface area contributed by atoms with Gasteiger partial charge in [0.1, 0.15) is 0 Å². The van der Waals surface area contributed by atoms with Gasteiger partial charge < -0.3 is 5.32 Å². The first-order valence-corrected chi connectivity index (χ1v) is 7.66. The number of aromatic nitrogens is 3. The van der Waals surface area contributed by atoms with Crippen molar-refractivity contribution < 1.29 is 4.79 Å². The molecule has 1 amide bonds. The molecule has 0 fully saturated rings. The van der Waals surface area contributed by atoms with Gasteiger partial charge in [-0.25, -0.2) is 0 Å². The molecule has 2 aromatic carbocycles. The minimum Gasteiger partial charge on any atom is -0.342 e. The van der Waals surface area contributed by atoms with Gasteiger partial charge in [0.2, 0.25) is 0 Å². The summed E-state index contributed by atoms with van der Waals surface area (Å²) < 4.78 is 2.32. The summed E-state index contributed by atoms with van der Waals surface area (Å²) in [5.41, 5.74) is 1.52. The molecule has 1 heterocycles. The topological polar surface area (TPSA) is 62.7 Å². The number of amides is 1. The van der Waals surface area contributed by atoms with Crippen LogP contribution in [0.15, 0.2) is 60.7 Å². The van der Waals surface area contributed by atoms with E-state index in [2.05, 4.69) is 15.5 Å². The van der Waals surface area contributed by atoms with Gasteiger partial charge in [-0.15, -0.1) is 0 Å². The first-order valence-electron chi connectivity index (χ1n) is 7.25. The maximum Gasteiger partial charge on any atom is 0.251 e. The van der Waals surface area contributed by atoms with Gasteiger partial charge in [0.05, 0.1) is 6.04 Å². The summed E-state index contributed by atoms with van der Waals surface area (Å²) in [5.74, 6) is 0.511. The normalized spacial score (nSPS) is 11.9. The lowest BCUT2D eigenvalue weighted by atomic mass is 10.2. The van der Waals surface area contributed by atoms with E-state index >= 15 is 0 Å². The predicted molar refractivity (Wildman–Crippen MR) is 91.1 cm³/mol. The number of nitrogens with one attached hydrogen (secondary N) is 2. The third kappa shape index (κ3) is 3.22. The molecule has 3 rings (SSSR count). The quantitative estimate of drug-likeness (QED) is 0.723. The Morgan fingerprint density at radius 3 is 2.39 bits per heavy atom. The van der Waals surface area contributed by atoms with Gasteiger partial charge in [-0.1, -0.05) is 36.4 Å². The molecule has 0 radical (unpaired) electrons. The van der Waals surface area contributed by atoms with E-state index in [1.54, 1.807) is 12.1 Å². The highest BCUT2D eigenvalue weighted by Gasteiger charge is 2.18. The number of carbonyl (C=O) groups is 1. The largest absolute Gasteiger partial charge is 0.342 e. The van der Waals surface area contributed by atoms with Gasteiger partial charge in [0.15, 0.2) is 10.6 Å². The fraction of sp³-hybridized carbons (Fsp3) is 0.118. The molecule has 0 saturated carbocycles. The highest BCUT2D eigenvalue weighted by molar-refractivity contribution is 7.71. The molecule has 0 bridgehead atoms. The smallest absolute Gasteiger partial charge is 0.251 e. The van der Waals surface area contributed by atoms with E-state index in [-0.39, 0.29) is 11.9 Å². The van der Waals surface area contributed by atoms with Crippen molar-refractivity contribution in [2.75, 3.05) is 0 Å². The van der Waals surface area contributed by atoms with Gasteiger partial charge >= 0.3 is 0 Å². The second-order valence-electron chi connectivity index (χ2n) is 5.12. The summed E-state index contributed by atoms with van der Waals surface area (Å²) in [6, 6.07) is 18.5. The van der Waals surface area contributed by atoms with Crippen LogP contribution in [0.3, 0.4) is 0 Å². The van der Waals surface area contributed by atoms with Crippen molar-refractivity contribution in [3.05, 3.63) is 76.8 Å². The maximum absolute atomic E-state index is 12.3. The number of hydrogen-bond donors (Lipinski definition) is 2. The molecular formula is C17H16N4OS. The van der Waals surface area contributed by atoms with Crippen LogP contribution in [0, 0.1) is 4.77 Å². The fourth-order valence-electron chi connectivity index (χ4n) is 2.36. The summed E-state index contributed by atoms with van der Waals surface area (Å²) in [4.78, 5) is 12.3. The van der Waals surface area contributed by atoms with Crippen molar-refractivity contribution in [1.82, 2.24) is 20.1 Å². The van der Waals surface area contributed by atoms with Crippen molar-refractivity contribution in [1.29, 1.82) is 0 Å². The van der Waals surface area contributed by atoms with E-state index in [9.17, 15) is 4.79 Å². The fourth-order valence-corrected chi connectivity index (χ4v) is 2.60. The third-order valence-electron chi connectivity index (χ3n) is 3.48. The number of rotatable bonds is 4. The zero-order valence-corrected chi connectivity index (χ0v) is 13.4. The van der Waals surface area contributed by atoms with Gasteiger partial charge in [-0.05, 0) is 43.4 Å². The average molecular weight is 324 g/mol. The number of para-hydroxylation sites is 1. The lowest BCUT2D eigenvalue weighted by molar-refractivity contribution is 0.0938. The van der Waals surface area contributed by atoms with Crippen LogP contribution >= 0.6 is 12.2 Å².